The molecule has 2 amide bonds. The summed E-state index contributed by atoms with van der Waals surface area (Å²) in [7, 11) is -4.17. The molecule has 0 aliphatic carbocycles. The van der Waals surface area contributed by atoms with E-state index in [1.165, 1.54) is 12.1 Å². The molecule has 8 nitrogen and oxygen atoms in total. The number of rotatable bonds is 4. The lowest BCUT2D eigenvalue weighted by atomic mass is 9.97. The van der Waals surface area contributed by atoms with E-state index in [1.54, 1.807) is 50.2 Å². The van der Waals surface area contributed by atoms with E-state index in [9.17, 15) is 18.0 Å². The van der Waals surface area contributed by atoms with Gasteiger partial charge in [-0.05, 0) is 56.8 Å². The van der Waals surface area contributed by atoms with Crippen LogP contribution in [0.3, 0.4) is 0 Å². The van der Waals surface area contributed by atoms with Gasteiger partial charge in [-0.25, -0.2) is 22.4 Å². The first-order valence-electron chi connectivity index (χ1n) is 10.1. The molecule has 0 spiro atoms. The van der Waals surface area contributed by atoms with Crippen molar-refractivity contribution in [3.63, 3.8) is 0 Å². The number of hydrogen-bond donors (Lipinski definition) is 1. The van der Waals surface area contributed by atoms with E-state index in [2.05, 4.69) is 5.32 Å². The Morgan fingerprint density at radius 2 is 1.82 bits per heavy atom. The molecule has 2 fully saturated rings. The van der Waals surface area contributed by atoms with Crippen molar-refractivity contribution in [3.8, 4) is 0 Å². The average Bonchev–Trinajstić information content (AvgIpc) is 3.24. The van der Waals surface area contributed by atoms with Crippen molar-refractivity contribution in [2.24, 2.45) is 0 Å². The normalized spacial score (nSPS) is 22.3. The SMILES string of the molecule is Cc1ccc(S(=O)(=O)N2C(=S)N[C@H](C(=O)N3C(=O)OCC3(C)C)[C@H]2c2ccccc2Cl)cc1. The lowest BCUT2D eigenvalue weighted by Gasteiger charge is -2.32. The van der Waals surface area contributed by atoms with Crippen LogP contribution in [-0.4, -0.2) is 52.9 Å². The van der Waals surface area contributed by atoms with Crippen molar-refractivity contribution in [2.75, 3.05) is 6.61 Å². The molecule has 2 aromatic rings. The molecule has 11 heteroatoms. The summed E-state index contributed by atoms with van der Waals surface area (Å²) >= 11 is 11.8. The standard InChI is InChI=1S/C22H22ClN3O5S2/c1-13-8-10-14(11-9-13)33(29,30)26-18(15-6-4-5-7-16(15)23)17(24-20(26)32)19(27)25-21(28)31-12-22(25,2)3/h4-11,17-18H,12H2,1-3H3,(H,24,32)/t17-,18+/m0/s1. The molecule has 2 saturated heterocycles. The zero-order chi connectivity index (χ0) is 24.1. The van der Waals surface area contributed by atoms with E-state index in [4.69, 9.17) is 28.6 Å². The maximum Gasteiger partial charge on any atom is 0.417 e. The fourth-order valence-corrected chi connectivity index (χ4v) is 6.27. The number of amides is 2. The Kier molecular flexibility index (Phi) is 5.88. The molecule has 0 saturated carbocycles. The number of thiocarbonyl (C=S) groups is 1. The van der Waals surface area contributed by atoms with Crippen LogP contribution in [0.5, 0.6) is 0 Å². The van der Waals surface area contributed by atoms with Crippen LogP contribution in [0, 0.1) is 6.92 Å². The van der Waals surface area contributed by atoms with Gasteiger partial charge in [-0.3, -0.25) is 4.79 Å². The fourth-order valence-electron chi connectivity index (χ4n) is 3.98. The van der Waals surface area contributed by atoms with Crippen molar-refractivity contribution in [3.05, 3.63) is 64.7 Å². The third-order valence-corrected chi connectivity index (χ3v) is 8.24. The van der Waals surface area contributed by atoms with Gasteiger partial charge in [0.1, 0.15) is 18.7 Å². The second-order valence-electron chi connectivity index (χ2n) is 8.55. The summed E-state index contributed by atoms with van der Waals surface area (Å²) in [6.45, 7) is 5.25. The van der Waals surface area contributed by atoms with Crippen LogP contribution in [0.1, 0.15) is 31.0 Å². The molecule has 0 radical (unpaired) electrons. The molecule has 4 rings (SSSR count). The maximum absolute atomic E-state index is 13.7. The van der Waals surface area contributed by atoms with Crippen LogP contribution >= 0.6 is 23.8 Å². The first-order valence-corrected chi connectivity index (χ1v) is 12.3. The predicted molar refractivity (Wildman–Crippen MR) is 126 cm³/mol. The second kappa shape index (κ2) is 8.27. The number of benzene rings is 2. The number of cyclic esters (lactones) is 1. The van der Waals surface area contributed by atoms with E-state index < -0.39 is 39.6 Å². The van der Waals surface area contributed by atoms with Crippen LogP contribution in [0.25, 0.3) is 0 Å². The summed E-state index contributed by atoms with van der Waals surface area (Å²) in [5.74, 6) is -0.656. The number of carbonyl (C=O) groups excluding carboxylic acids is 2. The molecular formula is C22H22ClN3O5S2. The first-order chi connectivity index (χ1) is 15.4. The summed E-state index contributed by atoms with van der Waals surface area (Å²) in [5.41, 5.74) is 0.360. The average molecular weight is 508 g/mol. The molecule has 2 heterocycles. The van der Waals surface area contributed by atoms with Gasteiger partial charge in [0, 0.05) is 5.02 Å². The van der Waals surface area contributed by atoms with Crippen molar-refractivity contribution in [1.82, 2.24) is 14.5 Å². The van der Waals surface area contributed by atoms with Crippen molar-refractivity contribution >= 4 is 51.0 Å². The van der Waals surface area contributed by atoms with Crippen LogP contribution < -0.4 is 5.32 Å². The fraction of sp³-hybridized carbons (Fsp3) is 0.318. The molecule has 33 heavy (non-hydrogen) atoms. The molecular weight excluding hydrogens is 486 g/mol. The molecule has 2 aliphatic heterocycles. The van der Waals surface area contributed by atoms with E-state index in [1.807, 2.05) is 6.92 Å². The monoisotopic (exact) mass is 507 g/mol. The lowest BCUT2D eigenvalue weighted by molar-refractivity contribution is -0.133. The van der Waals surface area contributed by atoms with Crippen molar-refractivity contribution < 1.29 is 22.7 Å². The Hall–Kier alpha value is -2.69. The van der Waals surface area contributed by atoms with Crippen LogP contribution in [0.2, 0.25) is 5.02 Å². The van der Waals surface area contributed by atoms with Gasteiger partial charge in [-0.15, -0.1) is 0 Å². The van der Waals surface area contributed by atoms with Gasteiger partial charge in [0.2, 0.25) is 0 Å². The topological polar surface area (TPSA) is 96.0 Å². The van der Waals surface area contributed by atoms with Gasteiger partial charge < -0.3 is 10.1 Å². The largest absolute Gasteiger partial charge is 0.447 e. The zero-order valence-electron chi connectivity index (χ0n) is 18.1. The first kappa shape index (κ1) is 23.5. The van der Waals surface area contributed by atoms with E-state index in [0.717, 1.165) is 14.8 Å². The minimum absolute atomic E-state index is 0.0170. The highest BCUT2D eigenvalue weighted by atomic mass is 35.5. The number of nitrogens with one attached hydrogen (secondary N) is 1. The summed E-state index contributed by atoms with van der Waals surface area (Å²) < 4.78 is 33.4. The molecule has 2 aliphatic rings. The quantitative estimate of drug-likeness (QED) is 0.633. The summed E-state index contributed by atoms with van der Waals surface area (Å²) in [6, 6.07) is 10.6. The molecule has 1 N–H and O–H groups in total. The van der Waals surface area contributed by atoms with E-state index in [0.29, 0.717) is 5.56 Å². The zero-order valence-corrected chi connectivity index (χ0v) is 20.5. The minimum atomic E-state index is -4.17. The number of carbonyl (C=O) groups is 2. The van der Waals surface area contributed by atoms with Crippen LogP contribution in [0.4, 0.5) is 4.79 Å². The number of aryl methyl sites for hydroxylation is 1. The molecule has 174 valence electrons. The number of nitrogens with zero attached hydrogens (tertiary/aromatic N) is 2. The van der Waals surface area contributed by atoms with Crippen molar-refractivity contribution in [1.29, 1.82) is 0 Å². The van der Waals surface area contributed by atoms with E-state index >= 15 is 0 Å². The molecule has 2 atom stereocenters. The summed E-state index contributed by atoms with van der Waals surface area (Å²) in [4.78, 5) is 27.0. The third kappa shape index (κ3) is 3.96. The smallest absolute Gasteiger partial charge is 0.417 e. The molecule has 0 unspecified atom stereocenters. The van der Waals surface area contributed by atoms with Crippen LogP contribution in [0.15, 0.2) is 53.4 Å². The van der Waals surface area contributed by atoms with E-state index in [-0.39, 0.29) is 21.6 Å². The maximum atomic E-state index is 13.7. The Balaban J connectivity index is 1.85. The van der Waals surface area contributed by atoms with Gasteiger partial charge in [-0.1, -0.05) is 47.5 Å². The van der Waals surface area contributed by atoms with Gasteiger partial charge in [0.05, 0.1) is 10.4 Å². The number of halogens is 1. The lowest BCUT2D eigenvalue weighted by Crippen LogP contribution is -2.54. The Labute approximate surface area is 202 Å². The Morgan fingerprint density at radius 1 is 1.18 bits per heavy atom. The minimum Gasteiger partial charge on any atom is -0.447 e. The molecule has 0 bridgehead atoms. The Morgan fingerprint density at radius 3 is 2.39 bits per heavy atom. The number of sulfonamides is 1. The van der Waals surface area contributed by atoms with Gasteiger partial charge in [-0.2, -0.15) is 0 Å². The highest BCUT2D eigenvalue weighted by Gasteiger charge is 2.54. The van der Waals surface area contributed by atoms with Gasteiger partial charge in [0.25, 0.3) is 15.9 Å². The predicted octanol–water partition coefficient (Wildman–Crippen LogP) is 3.39. The van der Waals surface area contributed by atoms with Crippen LogP contribution in [-0.2, 0) is 19.6 Å². The number of ether oxygens (including phenoxy) is 1. The summed E-state index contributed by atoms with van der Waals surface area (Å²) in [6.07, 6.45) is -0.796. The summed E-state index contributed by atoms with van der Waals surface area (Å²) in [5, 5.41) is 2.92. The highest BCUT2D eigenvalue weighted by Crippen LogP contribution is 2.40. The van der Waals surface area contributed by atoms with Crippen molar-refractivity contribution in [2.45, 2.75) is 43.3 Å². The molecule has 0 aromatic heterocycles. The Bertz CT molecular complexity index is 1250. The molecule has 2 aromatic carbocycles. The number of hydrogen-bond acceptors (Lipinski definition) is 6. The number of imide groups is 1. The third-order valence-electron chi connectivity index (χ3n) is 5.67. The van der Waals surface area contributed by atoms with Gasteiger partial charge in [0.15, 0.2) is 5.11 Å². The van der Waals surface area contributed by atoms with Gasteiger partial charge >= 0.3 is 6.09 Å². The second-order valence-corrected chi connectivity index (χ2v) is 11.2. The highest BCUT2D eigenvalue weighted by molar-refractivity contribution is 7.91.